The van der Waals surface area contributed by atoms with Crippen LogP contribution in [-0.2, 0) is 0 Å². The van der Waals surface area contributed by atoms with Gasteiger partial charge in [-0.1, -0.05) is 48.0 Å². The Hall–Kier alpha value is -3.16. The monoisotopic (exact) mass is 422 g/mol. The van der Waals surface area contributed by atoms with E-state index in [2.05, 4.69) is 34.0 Å². The third-order valence-electron chi connectivity index (χ3n) is 4.57. The highest BCUT2D eigenvalue weighted by atomic mass is 35.5. The van der Waals surface area contributed by atoms with Crippen LogP contribution in [0.2, 0.25) is 5.02 Å². The molecule has 7 nitrogen and oxygen atoms in total. The molecule has 0 atom stereocenters. The summed E-state index contributed by atoms with van der Waals surface area (Å²) in [6, 6.07) is 17.6. The van der Waals surface area contributed by atoms with E-state index in [4.69, 9.17) is 21.6 Å². The van der Waals surface area contributed by atoms with Crippen molar-refractivity contribution in [3.05, 3.63) is 59.6 Å². The number of nitrogens with zero attached hydrogens (tertiary/aromatic N) is 4. The van der Waals surface area contributed by atoms with Crippen LogP contribution in [0.5, 0.6) is 0 Å². The molecule has 0 unspecified atom stereocenters. The minimum atomic E-state index is -0.0167. The van der Waals surface area contributed by atoms with E-state index < -0.39 is 0 Å². The highest BCUT2D eigenvalue weighted by molar-refractivity contribution is 6.30. The summed E-state index contributed by atoms with van der Waals surface area (Å²) in [5.41, 5.74) is 3.18. The van der Waals surface area contributed by atoms with E-state index in [9.17, 15) is 5.11 Å². The van der Waals surface area contributed by atoms with E-state index in [1.807, 2.05) is 54.6 Å². The average molecular weight is 423 g/mol. The number of imidazole rings is 1. The molecule has 2 heterocycles. The third-order valence-corrected chi connectivity index (χ3v) is 4.81. The van der Waals surface area contributed by atoms with Gasteiger partial charge in [-0.25, -0.2) is 4.98 Å². The molecule has 4 aromatic rings. The topological polar surface area (TPSA) is 87.9 Å². The largest absolute Gasteiger partial charge is 0.395 e. The molecule has 0 amide bonds. The lowest BCUT2D eigenvalue weighted by atomic mass is 10.2. The van der Waals surface area contributed by atoms with Gasteiger partial charge in [-0.15, -0.1) is 0 Å². The molecule has 0 aliphatic rings. The van der Waals surface area contributed by atoms with E-state index in [0.29, 0.717) is 34.5 Å². The Morgan fingerprint density at radius 2 is 1.83 bits per heavy atom. The van der Waals surface area contributed by atoms with Gasteiger partial charge in [-0.2, -0.15) is 9.97 Å². The van der Waals surface area contributed by atoms with E-state index in [-0.39, 0.29) is 12.6 Å². The highest BCUT2D eigenvalue weighted by Crippen LogP contribution is 2.32. The number of aliphatic hydroxyl groups excluding tert-OH is 1. The number of nitrogens with one attached hydrogen (secondary N) is 2. The maximum Gasteiger partial charge on any atom is 0.226 e. The summed E-state index contributed by atoms with van der Waals surface area (Å²) in [4.78, 5) is 14.2. The summed E-state index contributed by atoms with van der Waals surface area (Å²) in [5.74, 6) is 1.81. The molecule has 3 N–H and O–H groups in total. The van der Waals surface area contributed by atoms with Gasteiger partial charge >= 0.3 is 0 Å². The molecular formula is C22H23ClN6O. The molecule has 2 aromatic heterocycles. The van der Waals surface area contributed by atoms with Gasteiger partial charge in [-0.05, 0) is 32.0 Å². The molecule has 0 bridgehead atoms. The van der Waals surface area contributed by atoms with Gasteiger partial charge in [0.1, 0.15) is 5.82 Å². The first-order chi connectivity index (χ1) is 14.6. The second kappa shape index (κ2) is 8.69. The van der Waals surface area contributed by atoms with Crippen LogP contribution >= 0.6 is 11.6 Å². The fraction of sp³-hybridized carbons (Fsp3) is 0.227. The van der Waals surface area contributed by atoms with E-state index in [1.165, 1.54) is 0 Å². The van der Waals surface area contributed by atoms with Crippen LogP contribution in [0, 0.1) is 0 Å². The number of hydrogen-bond acceptors (Lipinski definition) is 6. The number of hydrogen-bond donors (Lipinski definition) is 3. The molecule has 0 fully saturated rings. The van der Waals surface area contributed by atoms with Crippen molar-refractivity contribution in [3.8, 4) is 11.4 Å². The summed E-state index contributed by atoms with van der Waals surface area (Å²) in [7, 11) is 0. The van der Waals surface area contributed by atoms with Crippen molar-refractivity contribution in [2.75, 3.05) is 23.8 Å². The second-order valence-electron chi connectivity index (χ2n) is 7.12. The number of benzene rings is 2. The summed E-state index contributed by atoms with van der Waals surface area (Å²) in [6.45, 7) is 4.53. The van der Waals surface area contributed by atoms with E-state index in [0.717, 1.165) is 17.1 Å². The lowest BCUT2D eigenvalue weighted by Crippen LogP contribution is -2.11. The number of fused-ring (bicyclic) bond motifs is 1. The fourth-order valence-electron chi connectivity index (χ4n) is 3.29. The molecule has 4 rings (SSSR count). The summed E-state index contributed by atoms with van der Waals surface area (Å²) in [6.07, 6.45) is 0. The molecule has 2 aromatic carbocycles. The summed E-state index contributed by atoms with van der Waals surface area (Å²) >= 11 is 6.15. The fourth-order valence-corrected chi connectivity index (χ4v) is 3.48. The standard InChI is InChI=1S/C22H23ClN6O/c1-14(2)29-20(15-7-4-3-5-8-15)26-18-19(25-17-10-6-9-16(23)13-17)27-22(24-11-12-30)28-21(18)29/h3-10,13-14,30H,11-12H2,1-2H3,(H2,24,25,27,28). The van der Waals surface area contributed by atoms with Crippen molar-refractivity contribution in [3.63, 3.8) is 0 Å². The molecule has 0 radical (unpaired) electrons. The van der Waals surface area contributed by atoms with Gasteiger partial charge in [0.25, 0.3) is 0 Å². The van der Waals surface area contributed by atoms with Gasteiger partial charge in [0.15, 0.2) is 17.0 Å². The zero-order valence-corrected chi connectivity index (χ0v) is 17.6. The predicted molar refractivity (Wildman–Crippen MR) is 121 cm³/mol. The maximum atomic E-state index is 9.21. The van der Waals surface area contributed by atoms with Crippen LogP contribution in [0.1, 0.15) is 19.9 Å². The van der Waals surface area contributed by atoms with Crippen molar-refractivity contribution >= 4 is 40.2 Å². The molecular weight excluding hydrogens is 400 g/mol. The maximum absolute atomic E-state index is 9.21. The van der Waals surface area contributed by atoms with Crippen LogP contribution in [0.15, 0.2) is 54.6 Å². The van der Waals surface area contributed by atoms with E-state index >= 15 is 0 Å². The second-order valence-corrected chi connectivity index (χ2v) is 7.56. The Labute approximate surface area is 179 Å². The van der Waals surface area contributed by atoms with Crippen LogP contribution in [0.3, 0.4) is 0 Å². The Morgan fingerprint density at radius 1 is 1.03 bits per heavy atom. The van der Waals surface area contributed by atoms with Gasteiger partial charge in [0.2, 0.25) is 5.95 Å². The Kier molecular flexibility index (Phi) is 5.83. The summed E-state index contributed by atoms with van der Waals surface area (Å²) in [5, 5.41) is 16.2. The van der Waals surface area contributed by atoms with E-state index in [1.54, 1.807) is 0 Å². The lowest BCUT2D eigenvalue weighted by molar-refractivity contribution is 0.311. The van der Waals surface area contributed by atoms with Gasteiger partial charge in [0.05, 0.1) is 6.61 Å². The number of halogens is 1. The van der Waals surface area contributed by atoms with Crippen LogP contribution in [-0.4, -0.2) is 37.8 Å². The SMILES string of the molecule is CC(C)n1c(-c2ccccc2)nc2c(Nc3cccc(Cl)c3)nc(NCCO)nc21. The molecule has 0 aliphatic carbocycles. The molecule has 8 heteroatoms. The van der Waals surface area contributed by atoms with Crippen molar-refractivity contribution in [1.29, 1.82) is 0 Å². The first kappa shape index (κ1) is 20.1. The normalized spacial score (nSPS) is 11.2. The third kappa shape index (κ3) is 4.08. The molecule has 0 saturated heterocycles. The molecule has 0 saturated carbocycles. The van der Waals surface area contributed by atoms with Crippen LogP contribution < -0.4 is 10.6 Å². The van der Waals surface area contributed by atoms with Crippen molar-refractivity contribution in [2.45, 2.75) is 19.9 Å². The predicted octanol–water partition coefficient (Wildman–Crippen LogP) is 4.88. The van der Waals surface area contributed by atoms with Crippen molar-refractivity contribution in [1.82, 2.24) is 19.5 Å². The number of anilines is 3. The average Bonchev–Trinajstić information content (AvgIpc) is 3.13. The van der Waals surface area contributed by atoms with Crippen LogP contribution in [0.25, 0.3) is 22.6 Å². The molecule has 0 aliphatic heterocycles. The van der Waals surface area contributed by atoms with Gasteiger partial charge in [0, 0.05) is 28.9 Å². The minimum Gasteiger partial charge on any atom is -0.395 e. The first-order valence-electron chi connectivity index (χ1n) is 9.79. The molecule has 0 spiro atoms. The highest BCUT2D eigenvalue weighted by Gasteiger charge is 2.21. The Balaban J connectivity index is 1.92. The molecule has 30 heavy (non-hydrogen) atoms. The molecule has 154 valence electrons. The van der Waals surface area contributed by atoms with Crippen molar-refractivity contribution < 1.29 is 5.11 Å². The van der Waals surface area contributed by atoms with Gasteiger partial charge in [-0.3, -0.25) is 0 Å². The number of rotatable bonds is 7. The first-order valence-corrected chi connectivity index (χ1v) is 10.2. The van der Waals surface area contributed by atoms with Crippen LogP contribution in [0.4, 0.5) is 17.5 Å². The zero-order valence-electron chi connectivity index (χ0n) is 16.8. The number of aromatic nitrogens is 4. The number of aliphatic hydroxyl groups is 1. The van der Waals surface area contributed by atoms with Crippen molar-refractivity contribution in [2.24, 2.45) is 0 Å². The Morgan fingerprint density at radius 3 is 2.53 bits per heavy atom. The smallest absolute Gasteiger partial charge is 0.226 e. The quantitative estimate of drug-likeness (QED) is 0.393. The minimum absolute atomic E-state index is 0.0167. The zero-order chi connectivity index (χ0) is 21.1. The summed E-state index contributed by atoms with van der Waals surface area (Å²) < 4.78 is 2.10. The van der Waals surface area contributed by atoms with Gasteiger partial charge < -0.3 is 20.3 Å². The lowest BCUT2D eigenvalue weighted by Gasteiger charge is -2.14. The Bertz CT molecular complexity index is 1160.